The van der Waals surface area contributed by atoms with Crippen LogP contribution in [0, 0.1) is 5.82 Å². The molecule has 0 unspecified atom stereocenters. The highest BCUT2D eigenvalue weighted by Crippen LogP contribution is 2.24. The van der Waals surface area contributed by atoms with E-state index in [1.165, 1.54) is 17.8 Å². The first kappa shape index (κ1) is 16.3. The Bertz CT molecular complexity index is 832. The Labute approximate surface area is 142 Å². The molecular weight excluding hydrogens is 331 g/mol. The van der Waals surface area contributed by atoms with Gasteiger partial charge >= 0.3 is 0 Å². The number of nitrogens with zero attached hydrogens (tertiary/aromatic N) is 3. The lowest BCUT2D eigenvalue weighted by atomic mass is 10.2. The second kappa shape index (κ2) is 7.31. The van der Waals surface area contributed by atoms with E-state index in [1.807, 2.05) is 0 Å². The number of aromatic nitrogens is 3. The van der Waals surface area contributed by atoms with Crippen molar-refractivity contribution in [1.82, 2.24) is 20.1 Å². The van der Waals surface area contributed by atoms with E-state index in [1.54, 1.807) is 48.2 Å². The number of thioether (sulfide) groups is 1. The molecule has 0 aliphatic carbocycles. The van der Waals surface area contributed by atoms with Crippen LogP contribution in [0.2, 0.25) is 0 Å². The summed E-state index contributed by atoms with van der Waals surface area (Å²) in [5.41, 5.74) is 0.377. The third-order valence-electron chi connectivity index (χ3n) is 3.32. The maximum absolute atomic E-state index is 13.9. The summed E-state index contributed by atoms with van der Waals surface area (Å²) < 4.78 is 20.7. The lowest BCUT2D eigenvalue weighted by molar-refractivity contribution is -0.118. The summed E-state index contributed by atoms with van der Waals surface area (Å²) in [5.74, 6) is 0.789. The minimum atomic E-state index is -0.360. The lowest BCUT2D eigenvalue weighted by Gasteiger charge is -2.05. The van der Waals surface area contributed by atoms with Crippen LogP contribution in [0.4, 0.5) is 4.39 Å². The molecule has 0 aliphatic rings. The Hall–Kier alpha value is -2.61. The highest BCUT2D eigenvalue weighted by atomic mass is 32.2. The molecule has 24 heavy (non-hydrogen) atoms. The van der Waals surface area contributed by atoms with Crippen LogP contribution in [0.1, 0.15) is 5.76 Å². The Morgan fingerprint density at radius 2 is 2.12 bits per heavy atom. The second-order valence-electron chi connectivity index (χ2n) is 4.99. The van der Waals surface area contributed by atoms with Crippen molar-refractivity contribution in [1.29, 1.82) is 0 Å². The normalized spacial score (nSPS) is 10.8. The van der Waals surface area contributed by atoms with Gasteiger partial charge in [-0.1, -0.05) is 23.9 Å². The minimum Gasteiger partial charge on any atom is -0.467 e. The van der Waals surface area contributed by atoms with Gasteiger partial charge in [-0.3, -0.25) is 4.79 Å². The van der Waals surface area contributed by atoms with Gasteiger partial charge in [-0.15, -0.1) is 10.2 Å². The molecule has 0 bridgehead atoms. The number of benzene rings is 1. The van der Waals surface area contributed by atoms with Gasteiger partial charge in [-0.05, 0) is 24.3 Å². The van der Waals surface area contributed by atoms with Crippen molar-refractivity contribution < 1.29 is 13.6 Å². The number of halogens is 1. The van der Waals surface area contributed by atoms with Crippen molar-refractivity contribution in [3.63, 3.8) is 0 Å². The fraction of sp³-hybridized carbons (Fsp3) is 0.188. The van der Waals surface area contributed by atoms with Crippen molar-refractivity contribution in [2.75, 3.05) is 5.75 Å². The number of hydrogen-bond donors (Lipinski definition) is 1. The lowest BCUT2D eigenvalue weighted by Crippen LogP contribution is -2.24. The molecule has 2 heterocycles. The fourth-order valence-corrected chi connectivity index (χ4v) is 2.84. The van der Waals surface area contributed by atoms with Gasteiger partial charge in [0.15, 0.2) is 11.0 Å². The zero-order valence-corrected chi connectivity index (χ0v) is 13.7. The van der Waals surface area contributed by atoms with Gasteiger partial charge in [0.05, 0.1) is 24.1 Å². The second-order valence-corrected chi connectivity index (χ2v) is 5.93. The third-order valence-corrected chi connectivity index (χ3v) is 4.34. The molecule has 1 N–H and O–H groups in total. The van der Waals surface area contributed by atoms with Crippen LogP contribution in [-0.4, -0.2) is 26.4 Å². The summed E-state index contributed by atoms with van der Waals surface area (Å²) >= 11 is 1.24. The molecule has 0 fully saturated rings. The molecular formula is C16H15FN4O2S. The first-order valence-electron chi connectivity index (χ1n) is 7.21. The predicted molar refractivity (Wildman–Crippen MR) is 87.7 cm³/mol. The van der Waals surface area contributed by atoms with E-state index in [2.05, 4.69) is 15.5 Å². The number of carbonyl (C=O) groups is 1. The van der Waals surface area contributed by atoms with Crippen LogP contribution in [0.3, 0.4) is 0 Å². The number of hydrogen-bond acceptors (Lipinski definition) is 5. The molecule has 8 heteroatoms. The standard InChI is InChI=1S/C16H15FN4O2S/c1-21-15(12-6-2-3-7-13(12)17)19-20-16(21)24-10-14(22)18-9-11-5-4-8-23-11/h2-8H,9-10H2,1H3,(H,18,22). The van der Waals surface area contributed by atoms with Gasteiger partial charge < -0.3 is 14.3 Å². The number of furan rings is 1. The van der Waals surface area contributed by atoms with Crippen LogP contribution < -0.4 is 5.32 Å². The van der Waals surface area contributed by atoms with Crippen molar-refractivity contribution >= 4 is 17.7 Å². The van der Waals surface area contributed by atoms with Crippen LogP contribution in [0.5, 0.6) is 0 Å². The number of nitrogens with one attached hydrogen (secondary N) is 1. The molecule has 124 valence electrons. The Balaban J connectivity index is 1.60. The molecule has 3 aromatic rings. The van der Waals surface area contributed by atoms with Crippen LogP contribution >= 0.6 is 11.8 Å². The highest BCUT2D eigenvalue weighted by molar-refractivity contribution is 7.99. The van der Waals surface area contributed by atoms with E-state index in [-0.39, 0.29) is 17.5 Å². The van der Waals surface area contributed by atoms with E-state index in [9.17, 15) is 9.18 Å². The van der Waals surface area contributed by atoms with Gasteiger partial charge in [-0.25, -0.2) is 4.39 Å². The maximum atomic E-state index is 13.9. The number of amides is 1. The van der Waals surface area contributed by atoms with E-state index in [0.717, 1.165) is 0 Å². The Kier molecular flexibility index (Phi) is 4.95. The van der Waals surface area contributed by atoms with Crippen molar-refractivity contribution in [2.45, 2.75) is 11.7 Å². The fourth-order valence-electron chi connectivity index (χ4n) is 2.10. The summed E-state index contributed by atoms with van der Waals surface area (Å²) in [7, 11) is 1.74. The third kappa shape index (κ3) is 3.65. The Morgan fingerprint density at radius 3 is 2.88 bits per heavy atom. The quantitative estimate of drug-likeness (QED) is 0.695. The molecule has 0 aliphatic heterocycles. The molecule has 0 atom stereocenters. The number of carbonyl (C=O) groups excluding carboxylic acids is 1. The van der Waals surface area contributed by atoms with Crippen molar-refractivity contribution in [3.8, 4) is 11.4 Å². The average Bonchev–Trinajstić information content (AvgIpc) is 3.22. The van der Waals surface area contributed by atoms with E-state index >= 15 is 0 Å². The molecule has 1 aromatic carbocycles. The summed E-state index contributed by atoms with van der Waals surface area (Å²) in [4.78, 5) is 11.9. The zero-order chi connectivity index (χ0) is 16.9. The molecule has 0 saturated carbocycles. The minimum absolute atomic E-state index is 0.146. The number of rotatable bonds is 6. The van der Waals surface area contributed by atoms with Gasteiger partial charge in [-0.2, -0.15) is 0 Å². The summed E-state index contributed by atoms with van der Waals surface area (Å²) in [6, 6.07) is 9.93. The topological polar surface area (TPSA) is 73.0 Å². The van der Waals surface area contributed by atoms with Gasteiger partial charge in [0.1, 0.15) is 11.6 Å². The summed E-state index contributed by atoms with van der Waals surface area (Å²) in [5, 5.41) is 11.3. The summed E-state index contributed by atoms with van der Waals surface area (Å²) in [6.45, 7) is 0.339. The maximum Gasteiger partial charge on any atom is 0.230 e. The molecule has 2 aromatic heterocycles. The average molecular weight is 346 g/mol. The molecule has 3 rings (SSSR count). The van der Waals surface area contributed by atoms with Crippen molar-refractivity contribution in [2.24, 2.45) is 7.05 Å². The predicted octanol–water partition coefficient (Wildman–Crippen LogP) is 2.62. The monoisotopic (exact) mass is 346 g/mol. The SMILES string of the molecule is Cn1c(SCC(=O)NCc2ccco2)nnc1-c1ccccc1F. The molecule has 0 saturated heterocycles. The zero-order valence-electron chi connectivity index (χ0n) is 12.9. The van der Waals surface area contributed by atoms with Gasteiger partial charge in [0.2, 0.25) is 5.91 Å². The van der Waals surface area contributed by atoms with E-state index in [4.69, 9.17) is 4.42 Å². The molecule has 0 spiro atoms. The van der Waals surface area contributed by atoms with Gasteiger partial charge in [0, 0.05) is 7.05 Å². The summed E-state index contributed by atoms with van der Waals surface area (Å²) in [6.07, 6.45) is 1.56. The highest BCUT2D eigenvalue weighted by Gasteiger charge is 2.15. The molecule has 1 amide bonds. The van der Waals surface area contributed by atoms with E-state index in [0.29, 0.717) is 28.8 Å². The largest absolute Gasteiger partial charge is 0.467 e. The Morgan fingerprint density at radius 1 is 1.29 bits per heavy atom. The van der Waals surface area contributed by atoms with Crippen molar-refractivity contribution in [3.05, 3.63) is 54.2 Å². The molecule has 0 radical (unpaired) electrons. The molecule has 6 nitrogen and oxygen atoms in total. The van der Waals surface area contributed by atoms with Crippen LogP contribution in [0.25, 0.3) is 11.4 Å². The van der Waals surface area contributed by atoms with E-state index < -0.39 is 0 Å². The smallest absolute Gasteiger partial charge is 0.230 e. The van der Waals surface area contributed by atoms with Crippen LogP contribution in [0.15, 0.2) is 52.2 Å². The first-order valence-corrected chi connectivity index (χ1v) is 8.20. The van der Waals surface area contributed by atoms with Crippen LogP contribution in [-0.2, 0) is 18.4 Å². The first-order chi connectivity index (χ1) is 11.6. The van der Waals surface area contributed by atoms with Gasteiger partial charge in [0.25, 0.3) is 0 Å².